The monoisotopic (exact) mass is 430 g/mol. The molecule has 0 bridgehead atoms. The number of aromatic carboxylic acids is 1. The first-order valence-corrected chi connectivity index (χ1v) is 10.3. The normalized spacial score (nSPS) is 10.5. The summed E-state index contributed by atoms with van der Waals surface area (Å²) in [4.78, 5) is 28.8. The third-order valence-electron chi connectivity index (χ3n) is 4.72. The second-order valence-electron chi connectivity index (χ2n) is 6.82. The minimum absolute atomic E-state index is 0.0945. The molecule has 0 aliphatic carbocycles. The number of aromatic nitrogens is 2. The molecule has 0 unspecified atom stereocenters. The number of carboxylic acids is 1. The van der Waals surface area contributed by atoms with E-state index in [1.54, 1.807) is 36.2 Å². The van der Waals surface area contributed by atoms with Gasteiger partial charge in [0.2, 0.25) is 5.88 Å². The van der Waals surface area contributed by atoms with E-state index in [-0.39, 0.29) is 11.1 Å². The number of rotatable bonds is 5. The molecule has 1 N–H and O–H groups in total. The highest BCUT2D eigenvalue weighted by molar-refractivity contribution is 7.19. The number of hydrogen-bond donors (Lipinski definition) is 1. The van der Waals surface area contributed by atoms with Crippen molar-refractivity contribution in [3.05, 3.63) is 92.8 Å². The van der Waals surface area contributed by atoms with Crippen LogP contribution in [0, 0.1) is 11.8 Å². The Balaban J connectivity index is 1.54. The average Bonchev–Trinajstić information content (AvgIpc) is 3.20. The molecule has 154 valence electrons. The Morgan fingerprint density at radius 1 is 1.16 bits per heavy atom. The number of carbonyl (C=O) groups is 1. The number of ether oxygens (including phenoxy) is 1. The molecule has 4 rings (SSSR count). The second-order valence-corrected chi connectivity index (χ2v) is 7.91. The lowest BCUT2D eigenvalue weighted by Gasteiger charge is -2.06. The van der Waals surface area contributed by atoms with E-state index in [0.29, 0.717) is 24.2 Å². The van der Waals surface area contributed by atoms with Crippen molar-refractivity contribution in [2.45, 2.75) is 13.0 Å². The smallest absolute Gasteiger partial charge is 0.335 e. The molecular formula is C24H18N2O4S. The van der Waals surface area contributed by atoms with Crippen LogP contribution >= 0.6 is 11.3 Å². The number of benzene rings is 1. The number of thiophene rings is 1. The Morgan fingerprint density at radius 3 is 2.71 bits per heavy atom. The van der Waals surface area contributed by atoms with Crippen molar-refractivity contribution in [3.63, 3.8) is 0 Å². The fraction of sp³-hybridized carbons (Fsp3) is 0.125. The van der Waals surface area contributed by atoms with Gasteiger partial charge in [-0.25, -0.2) is 9.78 Å². The zero-order chi connectivity index (χ0) is 21.8. The molecule has 0 aliphatic rings. The molecule has 3 heterocycles. The van der Waals surface area contributed by atoms with Crippen LogP contribution in [0.15, 0.2) is 65.7 Å². The first-order valence-electron chi connectivity index (χ1n) is 9.46. The highest BCUT2D eigenvalue weighted by Gasteiger charge is 2.08. The predicted octanol–water partition coefficient (Wildman–Crippen LogP) is 3.81. The Morgan fingerprint density at radius 2 is 1.97 bits per heavy atom. The van der Waals surface area contributed by atoms with Crippen molar-refractivity contribution in [2.75, 3.05) is 7.11 Å². The van der Waals surface area contributed by atoms with Crippen molar-refractivity contribution >= 4 is 27.4 Å². The van der Waals surface area contributed by atoms with E-state index in [1.165, 1.54) is 23.5 Å². The molecule has 31 heavy (non-hydrogen) atoms. The zero-order valence-corrected chi connectivity index (χ0v) is 17.5. The van der Waals surface area contributed by atoms with Crippen molar-refractivity contribution in [1.82, 2.24) is 9.55 Å². The first-order chi connectivity index (χ1) is 15.0. The summed E-state index contributed by atoms with van der Waals surface area (Å²) in [5, 5.41) is 9.64. The molecule has 0 saturated carbocycles. The van der Waals surface area contributed by atoms with Gasteiger partial charge >= 0.3 is 5.97 Å². The topological polar surface area (TPSA) is 81.4 Å². The van der Waals surface area contributed by atoms with Crippen LogP contribution in [-0.4, -0.2) is 27.7 Å². The molecule has 0 radical (unpaired) electrons. The van der Waals surface area contributed by atoms with Crippen LogP contribution in [0.3, 0.4) is 0 Å². The van der Waals surface area contributed by atoms with Gasteiger partial charge in [0.05, 0.1) is 29.5 Å². The largest absolute Gasteiger partial charge is 0.481 e. The maximum absolute atomic E-state index is 12.9. The molecule has 4 aromatic rings. The van der Waals surface area contributed by atoms with Gasteiger partial charge in [-0.15, -0.1) is 11.3 Å². The first kappa shape index (κ1) is 20.4. The van der Waals surface area contributed by atoms with Gasteiger partial charge in [-0.3, -0.25) is 4.79 Å². The van der Waals surface area contributed by atoms with Crippen molar-refractivity contribution in [1.29, 1.82) is 0 Å². The standard InChI is InChI=1S/C24H18N2O4S/c1-30-22-13-16(9-11-25-22)3-2-4-19-14-20-21(31-19)10-12-26(23(20)27)15-17-5-7-18(8-6-17)24(28)29/h5-14H,3,15H2,1H3,(H,28,29). The predicted molar refractivity (Wildman–Crippen MR) is 120 cm³/mol. The lowest BCUT2D eigenvalue weighted by Crippen LogP contribution is -2.19. The highest BCUT2D eigenvalue weighted by atomic mass is 32.1. The van der Waals surface area contributed by atoms with Crippen molar-refractivity contribution < 1.29 is 14.6 Å². The number of carboxylic acid groups (broad SMARTS) is 1. The third-order valence-corrected chi connectivity index (χ3v) is 5.74. The van der Waals surface area contributed by atoms with Crippen LogP contribution in [-0.2, 0) is 13.0 Å². The Hall–Kier alpha value is -3.89. The van der Waals surface area contributed by atoms with Gasteiger partial charge in [-0.2, -0.15) is 0 Å². The van der Waals surface area contributed by atoms with Crippen LogP contribution in [0.4, 0.5) is 0 Å². The quantitative estimate of drug-likeness (QED) is 0.487. The average molecular weight is 430 g/mol. The summed E-state index contributed by atoms with van der Waals surface area (Å²) in [6.07, 6.45) is 4.00. The SMILES string of the molecule is COc1cc(CC#Cc2cc3c(=O)n(Cc4ccc(C(=O)O)cc4)ccc3s2)ccn1. The van der Waals surface area contributed by atoms with E-state index in [2.05, 4.69) is 16.8 Å². The lowest BCUT2D eigenvalue weighted by atomic mass is 10.1. The van der Waals surface area contributed by atoms with E-state index in [0.717, 1.165) is 20.7 Å². The molecule has 0 atom stereocenters. The van der Waals surface area contributed by atoms with Crippen LogP contribution in [0.5, 0.6) is 5.88 Å². The maximum atomic E-state index is 12.9. The molecule has 3 aromatic heterocycles. The van der Waals surface area contributed by atoms with Gasteiger partial charge in [0.25, 0.3) is 5.56 Å². The zero-order valence-electron chi connectivity index (χ0n) is 16.7. The molecule has 1 aromatic carbocycles. The number of fused-ring (bicyclic) bond motifs is 1. The lowest BCUT2D eigenvalue weighted by molar-refractivity contribution is 0.0697. The van der Waals surface area contributed by atoms with Crippen LogP contribution < -0.4 is 10.3 Å². The Labute approximate surface area is 182 Å². The minimum atomic E-state index is -0.972. The summed E-state index contributed by atoms with van der Waals surface area (Å²) in [5.41, 5.74) is 1.99. The van der Waals surface area contributed by atoms with Gasteiger partial charge in [-0.1, -0.05) is 24.0 Å². The minimum Gasteiger partial charge on any atom is -0.481 e. The second kappa shape index (κ2) is 8.86. The summed E-state index contributed by atoms with van der Waals surface area (Å²) in [6, 6.07) is 14.0. The number of methoxy groups -OCH3 is 1. The summed E-state index contributed by atoms with van der Waals surface area (Å²) in [5.74, 6) is 5.86. The van der Waals surface area contributed by atoms with Gasteiger partial charge < -0.3 is 14.4 Å². The summed E-state index contributed by atoms with van der Waals surface area (Å²) in [7, 11) is 1.58. The molecular weight excluding hydrogens is 412 g/mol. The van der Waals surface area contributed by atoms with Gasteiger partial charge in [-0.05, 0) is 41.5 Å². The molecule has 0 fully saturated rings. The molecule has 6 nitrogen and oxygen atoms in total. The van der Waals surface area contributed by atoms with E-state index in [1.807, 2.05) is 24.3 Å². The van der Waals surface area contributed by atoms with Crippen LogP contribution in [0.2, 0.25) is 0 Å². The fourth-order valence-electron chi connectivity index (χ4n) is 3.12. The molecule has 0 aliphatic heterocycles. The maximum Gasteiger partial charge on any atom is 0.335 e. The molecule has 0 saturated heterocycles. The van der Waals surface area contributed by atoms with E-state index < -0.39 is 5.97 Å². The Kier molecular flexibility index (Phi) is 5.83. The Bertz CT molecular complexity index is 1370. The highest BCUT2D eigenvalue weighted by Crippen LogP contribution is 2.22. The summed E-state index contributed by atoms with van der Waals surface area (Å²) < 4.78 is 7.62. The number of nitrogens with zero attached hydrogens (tertiary/aromatic N) is 2. The van der Waals surface area contributed by atoms with Gasteiger partial charge in [0.1, 0.15) is 0 Å². The van der Waals surface area contributed by atoms with E-state index in [4.69, 9.17) is 9.84 Å². The number of pyridine rings is 2. The van der Waals surface area contributed by atoms with Crippen LogP contribution in [0.25, 0.3) is 10.1 Å². The summed E-state index contributed by atoms with van der Waals surface area (Å²) >= 11 is 1.49. The molecule has 7 heteroatoms. The summed E-state index contributed by atoms with van der Waals surface area (Å²) in [6.45, 7) is 0.370. The van der Waals surface area contributed by atoms with E-state index in [9.17, 15) is 9.59 Å². The molecule has 0 amide bonds. The number of hydrogen-bond acceptors (Lipinski definition) is 5. The van der Waals surface area contributed by atoms with E-state index >= 15 is 0 Å². The van der Waals surface area contributed by atoms with Gasteiger partial charge in [0.15, 0.2) is 0 Å². The third kappa shape index (κ3) is 4.65. The van der Waals surface area contributed by atoms with Crippen molar-refractivity contribution in [2.24, 2.45) is 0 Å². The molecule has 0 spiro atoms. The fourth-order valence-corrected chi connectivity index (χ4v) is 4.04. The van der Waals surface area contributed by atoms with Crippen molar-refractivity contribution in [3.8, 4) is 17.7 Å². The van der Waals surface area contributed by atoms with Gasteiger partial charge in [0, 0.05) is 29.6 Å². The van der Waals surface area contributed by atoms with Crippen LogP contribution in [0.1, 0.15) is 26.4 Å².